The molecular weight excluding hydrogens is 578 g/mol. The topological polar surface area (TPSA) is 164 Å². The van der Waals surface area contributed by atoms with Gasteiger partial charge in [0, 0.05) is 40.3 Å². The molecule has 254 valence electrons. The number of carbonyl (C=O) groups excluding carboxylic acids is 4. The van der Waals surface area contributed by atoms with Gasteiger partial charge in [-0.15, -0.1) is 0 Å². The number of hydrogen-bond acceptors (Lipinski definition) is 8. The van der Waals surface area contributed by atoms with Crippen LogP contribution < -0.4 is 16.4 Å². The smallest absolute Gasteiger partial charge is 0.243 e. The number of nitrogens with zero attached hydrogens (tertiary/aromatic N) is 2. The molecular formula is C33H55N5O7. The summed E-state index contributed by atoms with van der Waals surface area (Å²) >= 11 is 0. The summed E-state index contributed by atoms with van der Waals surface area (Å²) in [5, 5.41) is 15.1. The van der Waals surface area contributed by atoms with Crippen LogP contribution >= 0.6 is 0 Å². The lowest BCUT2D eigenvalue weighted by atomic mass is 9.90. The summed E-state index contributed by atoms with van der Waals surface area (Å²) in [5.74, 6) is -1.75. The molecule has 0 bridgehead atoms. The molecule has 0 saturated carbocycles. The van der Waals surface area contributed by atoms with Gasteiger partial charge < -0.3 is 40.7 Å². The van der Waals surface area contributed by atoms with Crippen molar-refractivity contribution in [1.82, 2.24) is 20.4 Å². The monoisotopic (exact) mass is 633 g/mol. The van der Waals surface area contributed by atoms with Crippen LogP contribution in [0.4, 0.5) is 0 Å². The summed E-state index contributed by atoms with van der Waals surface area (Å²) in [6.07, 6.45) is 1.35. The number of aliphatic hydroxyl groups excluding tert-OH is 1. The van der Waals surface area contributed by atoms with Crippen LogP contribution in [-0.4, -0.2) is 116 Å². The molecule has 1 aromatic carbocycles. The van der Waals surface area contributed by atoms with Crippen molar-refractivity contribution >= 4 is 23.6 Å². The largest absolute Gasteiger partial charge is 0.394 e. The van der Waals surface area contributed by atoms with Crippen LogP contribution in [0.5, 0.6) is 0 Å². The highest BCUT2D eigenvalue weighted by Crippen LogP contribution is 2.29. The Morgan fingerprint density at radius 2 is 1.73 bits per heavy atom. The minimum absolute atomic E-state index is 0.0591. The summed E-state index contributed by atoms with van der Waals surface area (Å²) in [6, 6.07) is 7.33. The molecule has 1 aliphatic heterocycles. The third kappa shape index (κ3) is 10.5. The first kappa shape index (κ1) is 38.1. The molecule has 7 unspecified atom stereocenters. The van der Waals surface area contributed by atoms with Gasteiger partial charge in [0.15, 0.2) is 0 Å². The van der Waals surface area contributed by atoms with Crippen LogP contribution in [-0.2, 0) is 35.1 Å². The maximum atomic E-state index is 13.8. The number of likely N-dealkylation sites (tertiary alicyclic amines) is 1. The van der Waals surface area contributed by atoms with Crippen LogP contribution in [0.15, 0.2) is 30.3 Å². The van der Waals surface area contributed by atoms with E-state index < -0.39 is 36.1 Å². The second-order valence-electron chi connectivity index (χ2n) is 12.2. The van der Waals surface area contributed by atoms with Gasteiger partial charge in [-0.25, -0.2) is 0 Å². The number of rotatable bonds is 18. The number of carbonyl (C=O) groups is 4. The molecule has 1 fully saturated rings. The van der Waals surface area contributed by atoms with Crippen LogP contribution in [0.2, 0.25) is 0 Å². The van der Waals surface area contributed by atoms with Gasteiger partial charge in [0.05, 0.1) is 49.8 Å². The normalized spacial score (nSPS) is 19.5. The summed E-state index contributed by atoms with van der Waals surface area (Å²) in [4.78, 5) is 56.4. The second kappa shape index (κ2) is 18.8. The van der Waals surface area contributed by atoms with Crippen LogP contribution in [0.1, 0.15) is 58.9 Å². The molecule has 1 aromatic rings. The first-order chi connectivity index (χ1) is 21.4. The zero-order chi connectivity index (χ0) is 33.7. The number of ether oxygens (including phenoxy) is 2. The van der Waals surface area contributed by atoms with Crippen molar-refractivity contribution in [2.45, 2.75) is 96.2 Å². The minimum atomic E-state index is -0.872. The highest BCUT2D eigenvalue weighted by Gasteiger charge is 2.42. The predicted octanol–water partition coefficient (Wildman–Crippen LogP) is 1.09. The summed E-state index contributed by atoms with van der Waals surface area (Å²) in [5.41, 5.74) is 6.52. The molecule has 1 saturated heterocycles. The Labute approximate surface area is 268 Å². The summed E-state index contributed by atoms with van der Waals surface area (Å²) < 4.78 is 11.7. The van der Waals surface area contributed by atoms with Crippen molar-refractivity contribution in [3.05, 3.63) is 35.9 Å². The Hall–Kier alpha value is -3.06. The van der Waals surface area contributed by atoms with Crippen molar-refractivity contribution in [2.24, 2.45) is 17.6 Å². The molecule has 0 spiro atoms. The molecule has 12 heteroatoms. The van der Waals surface area contributed by atoms with E-state index in [0.717, 1.165) is 18.4 Å². The van der Waals surface area contributed by atoms with Crippen molar-refractivity contribution in [3.63, 3.8) is 0 Å². The Kier molecular flexibility index (Phi) is 15.9. The number of benzene rings is 1. The molecule has 5 N–H and O–H groups in total. The fourth-order valence-corrected chi connectivity index (χ4v) is 6.22. The lowest BCUT2D eigenvalue weighted by molar-refractivity contribution is -0.145. The predicted molar refractivity (Wildman–Crippen MR) is 172 cm³/mol. The number of nitrogens with one attached hydrogen (secondary N) is 2. The zero-order valence-corrected chi connectivity index (χ0v) is 28.0. The average molecular weight is 634 g/mol. The second-order valence-corrected chi connectivity index (χ2v) is 12.2. The minimum Gasteiger partial charge on any atom is -0.394 e. The van der Waals surface area contributed by atoms with Crippen LogP contribution in [0, 0.1) is 11.8 Å². The quantitative estimate of drug-likeness (QED) is 0.187. The third-order valence-corrected chi connectivity index (χ3v) is 9.06. The third-order valence-electron chi connectivity index (χ3n) is 9.06. The van der Waals surface area contributed by atoms with Gasteiger partial charge >= 0.3 is 0 Å². The number of methoxy groups -OCH3 is 2. The van der Waals surface area contributed by atoms with Gasteiger partial charge in [-0.3, -0.25) is 19.2 Å². The maximum Gasteiger partial charge on any atom is 0.243 e. The van der Waals surface area contributed by atoms with Gasteiger partial charge in [0.1, 0.15) is 6.04 Å². The Morgan fingerprint density at radius 1 is 1.07 bits per heavy atom. The summed E-state index contributed by atoms with van der Waals surface area (Å²) in [6.45, 7) is 7.62. The van der Waals surface area contributed by atoms with Gasteiger partial charge in [-0.05, 0) is 31.2 Å². The van der Waals surface area contributed by atoms with Gasteiger partial charge in [0.25, 0.3) is 0 Å². The Morgan fingerprint density at radius 3 is 2.29 bits per heavy atom. The van der Waals surface area contributed by atoms with Gasteiger partial charge in [0.2, 0.25) is 23.6 Å². The fourth-order valence-electron chi connectivity index (χ4n) is 6.22. The first-order valence-corrected chi connectivity index (χ1v) is 16.0. The van der Waals surface area contributed by atoms with E-state index in [0.29, 0.717) is 13.0 Å². The Balaban J connectivity index is 2.22. The average Bonchev–Trinajstić information content (AvgIpc) is 3.53. The number of amides is 4. The molecule has 0 radical (unpaired) electrons. The molecule has 12 nitrogen and oxygen atoms in total. The molecule has 1 aliphatic rings. The molecule has 0 aromatic heterocycles. The SMILES string of the molecule is CCC(C)C(C(CC(=O)N1CCCC1C(OC)C(C)C(=O)N[C@@H](Cc1ccccc1)C(=O)NC(C)CO)OC)N(C)C(=O)CN. The van der Waals surface area contributed by atoms with E-state index in [2.05, 4.69) is 10.6 Å². The number of nitrogens with two attached hydrogens (primary N) is 1. The van der Waals surface area contributed by atoms with E-state index in [1.807, 2.05) is 44.2 Å². The lowest BCUT2D eigenvalue weighted by Gasteiger charge is -2.39. The van der Waals surface area contributed by atoms with E-state index in [1.165, 1.54) is 7.11 Å². The molecule has 4 amide bonds. The zero-order valence-electron chi connectivity index (χ0n) is 28.0. The molecule has 45 heavy (non-hydrogen) atoms. The highest BCUT2D eigenvalue weighted by molar-refractivity contribution is 5.89. The van der Waals surface area contributed by atoms with E-state index in [-0.39, 0.29) is 61.7 Å². The van der Waals surface area contributed by atoms with Crippen molar-refractivity contribution in [3.8, 4) is 0 Å². The first-order valence-electron chi connectivity index (χ1n) is 16.0. The van der Waals surface area contributed by atoms with Crippen molar-refractivity contribution in [1.29, 1.82) is 0 Å². The van der Waals surface area contributed by atoms with Gasteiger partial charge in [-0.2, -0.15) is 0 Å². The Bertz CT molecular complexity index is 1090. The number of hydrogen-bond donors (Lipinski definition) is 4. The van der Waals surface area contributed by atoms with Crippen LogP contribution in [0.25, 0.3) is 0 Å². The molecule has 8 atom stereocenters. The van der Waals surface area contributed by atoms with E-state index >= 15 is 0 Å². The van der Waals surface area contributed by atoms with E-state index in [9.17, 15) is 24.3 Å². The van der Waals surface area contributed by atoms with Crippen LogP contribution in [0.3, 0.4) is 0 Å². The van der Waals surface area contributed by atoms with Crippen molar-refractivity contribution < 1.29 is 33.8 Å². The summed E-state index contributed by atoms with van der Waals surface area (Å²) in [7, 11) is 4.76. The highest BCUT2D eigenvalue weighted by atomic mass is 16.5. The number of likely N-dealkylation sites (N-methyl/N-ethyl adjacent to an activating group) is 1. The lowest BCUT2D eigenvalue weighted by Crippen LogP contribution is -2.55. The van der Waals surface area contributed by atoms with E-state index in [4.69, 9.17) is 15.2 Å². The molecule has 0 aliphatic carbocycles. The standard InChI is InChI=1S/C33H55N5O7/c1-8-21(2)30(37(5)29(41)19-34)27(44-6)18-28(40)38-16-12-15-26(38)31(45-7)23(4)32(42)36-25(33(43)35-22(3)20-39)17-24-13-10-9-11-14-24/h9-11,13-14,21-23,25-27,30-31,39H,8,12,15-20,34H2,1-7H3,(H,35,43)(H,36,42)/t21?,22?,23?,25-,26?,27?,30?,31?/m0/s1. The van der Waals surface area contributed by atoms with Crippen molar-refractivity contribution in [2.75, 3.05) is 41.0 Å². The fraction of sp³-hybridized carbons (Fsp3) is 0.697. The molecule has 2 rings (SSSR count). The molecule has 1 heterocycles. The number of aliphatic hydroxyl groups is 1. The van der Waals surface area contributed by atoms with Gasteiger partial charge in [-0.1, -0.05) is 57.5 Å². The van der Waals surface area contributed by atoms with E-state index in [1.54, 1.807) is 37.8 Å². The maximum absolute atomic E-state index is 13.8.